The van der Waals surface area contributed by atoms with E-state index in [0.29, 0.717) is 13.1 Å². The highest BCUT2D eigenvalue weighted by Crippen LogP contribution is 2.21. The Morgan fingerprint density at radius 3 is 2.62 bits per heavy atom. The second kappa shape index (κ2) is 4.45. The summed E-state index contributed by atoms with van der Waals surface area (Å²) in [6.07, 6.45) is 0.721. The summed E-state index contributed by atoms with van der Waals surface area (Å²) in [6.45, 7) is 2.45. The molecule has 2 amide bonds. The van der Waals surface area contributed by atoms with Crippen molar-refractivity contribution in [2.75, 3.05) is 18.8 Å². The maximum atomic E-state index is 11.7. The van der Waals surface area contributed by atoms with E-state index in [1.165, 1.54) is 18.7 Å². The van der Waals surface area contributed by atoms with Crippen LogP contribution in [-0.4, -0.2) is 46.7 Å². The van der Waals surface area contributed by atoms with Crippen molar-refractivity contribution in [3.63, 3.8) is 0 Å². The lowest BCUT2D eigenvalue weighted by Crippen LogP contribution is -2.56. The third-order valence-electron chi connectivity index (χ3n) is 2.95. The molecule has 2 fully saturated rings. The van der Waals surface area contributed by atoms with Crippen LogP contribution >= 0.6 is 11.8 Å². The number of thioether (sulfide) groups is 1. The summed E-state index contributed by atoms with van der Waals surface area (Å²) in [6, 6.07) is -0.316. The van der Waals surface area contributed by atoms with Gasteiger partial charge in [-0.25, -0.2) is 0 Å². The molecule has 16 heavy (non-hydrogen) atoms. The minimum atomic E-state index is -0.316. The number of nitrogens with one attached hydrogen (secondary N) is 1. The molecule has 0 radical (unpaired) electrons. The fourth-order valence-corrected chi connectivity index (χ4v) is 2.75. The van der Waals surface area contributed by atoms with Gasteiger partial charge in [-0.15, -0.1) is 0 Å². The summed E-state index contributed by atoms with van der Waals surface area (Å²) in [4.78, 5) is 35.5. The lowest BCUT2D eigenvalue weighted by molar-refractivity contribution is -0.142. The zero-order valence-corrected chi connectivity index (χ0v) is 9.88. The van der Waals surface area contributed by atoms with Gasteiger partial charge in [-0.3, -0.25) is 14.4 Å². The second-order valence-electron chi connectivity index (χ2n) is 4.14. The van der Waals surface area contributed by atoms with Crippen LogP contribution in [-0.2, 0) is 14.4 Å². The Morgan fingerprint density at radius 1 is 1.44 bits per heavy atom. The van der Waals surface area contributed by atoms with Crippen LogP contribution in [0.15, 0.2) is 0 Å². The first-order chi connectivity index (χ1) is 7.58. The molecule has 0 aliphatic carbocycles. The number of carbonyl (C=O) groups excluding carboxylic acids is 3. The molecule has 6 heteroatoms. The number of amides is 2. The van der Waals surface area contributed by atoms with Gasteiger partial charge in [-0.2, -0.15) is 0 Å². The number of nitrogens with zero attached hydrogens (tertiary/aromatic N) is 1. The summed E-state index contributed by atoms with van der Waals surface area (Å²) < 4.78 is 0. The summed E-state index contributed by atoms with van der Waals surface area (Å²) in [5.74, 6) is 0.547. The quantitative estimate of drug-likeness (QED) is 0.716. The van der Waals surface area contributed by atoms with Crippen molar-refractivity contribution >= 4 is 28.7 Å². The molecule has 0 aromatic carbocycles. The van der Waals surface area contributed by atoms with Crippen molar-refractivity contribution in [1.29, 1.82) is 0 Å². The van der Waals surface area contributed by atoms with E-state index in [0.717, 1.165) is 12.2 Å². The second-order valence-corrected chi connectivity index (χ2v) is 5.24. The molecule has 0 unspecified atom stereocenters. The topological polar surface area (TPSA) is 66.5 Å². The Balaban J connectivity index is 1.77. The van der Waals surface area contributed by atoms with Crippen LogP contribution in [0.3, 0.4) is 0 Å². The number of hydrogen-bond donors (Lipinski definition) is 1. The van der Waals surface area contributed by atoms with E-state index in [4.69, 9.17) is 0 Å². The molecule has 88 valence electrons. The lowest BCUT2D eigenvalue weighted by atomic mass is 9.98. The van der Waals surface area contributed by atoms with E-state index < -0.39 is 0 Å². The minimum Gasteiger partial charge on any atom is -0.345 e. The molecule has 2 aliphatic rings. The average molecular weight is 242 g/mol. The van der Waals surface area contributed by atoms with Crippen molar-refractivity contribution in [2.24, 2.45) is 5.92 Å². The highest BCUT2D eigenvalue weighted by Gasteiger charge is 2.36. The van der Waals surface area contributed by atoms with Crippen LogP contribution in [0.5, 0.6) is 0 Å². The molecule has 0 spiro atoms. The minimum absolute atomic E-state index is 0.00320. The molecular formula is C10H14N2O3S. The first-order valence-electron chi connectivity index (χ1n) is 5.30. The van der Waals surface area contributed by atoms with Crippen LogP contribution in [0.1, 0.15) is 13.3 Å². The lowest BCUT2D eigenvalue weighted by Gasteiger charge is -2.37. The van der Waals surface area contributed by atoms with E-state index in [1.807, 2.05) is 0 Å². The van der Waals surface area contributed by atoms with Gasteiger partial charge in [-0.1, -0.05) is 11.8 Å². The largest absolute Gasteiger partial charge is 0.345 e. The Hall–Kier alpha value is -1.04. The molecule has 0 aromatic heterocycles. The van der Waals surface area contributed by atoms with Crippen molar-refractivity contribution in [3.05, 3.63) is 0 Å². The van der Waals surface area contributed by atoms with Gasteiger partial charge in [0, 0.05) is 25.8 Å². The Bertz CT molecular complexity index is 339. The summed E-state index contributed by atoms with van der Waals surface area (Å²) >= 11 is 1.27. The highest BCUT2D eigenvalue weighted by atomic mass is 32.2. The molecule has 2 rings (SSSR count). The third kappa shape index (κ3) is 2.21. The van der Waals surface area contributed by atoms with E-state index in [2.05, 4.69) is 5.32 Å². The number of hydrogen-bond acceptors (Lipinski definition) is 4. The predicted octanol–water partition coefficient (Wildman–Crippen LogP) is -0.387. The van der Waals surface area contributed by atoms with Gasteiger partial charge in [0.1, 0.15) is 0 Å². The van der Waals surface area contributed by atoms with E-state index in [-0.39, 0.29) is 28.9 Å². The van der Waals surface area contributed by atoms with Crippen molar-refractivity contribution < 1.29 is 14.4 Å². The Labute approximate surface area is 97.9 Å². The maximum Gasteiger partial charge on any atom is 0.227 e. The van der Waals surface area contributed by atoms with Gasteiger partial charge < -0.3 is 10.2 Å². The molecular weight excluding hydrogens is 228 g/mol. The summed E-state index contributed by atoms with van der Waals surface area (Å²) in [5.41, 5.74) is 0. The molecule has 2 saturated heterocycles. The summed E-state index contributed by atoms with van der Waals surface area (Å²) in [7, 11) is 0. The van der Waals surface area contributed by atoms with Crippen LogP contribution in [0.25, 0.3) is 0 Å². The molecule has 2 heterocycles. The molecule has 1 atom stereocenters. The Morgan fingerprint density at radius 2 is 2.12 bits per heavy atom. The average Bonchev–Trinajstić information content (AvgIpc) is 2.48. The van der Waals surface area contributed by atoms with Gasteiger partial charge in [-0.05, 0) is 6.42 Å². The number of carbonyl (C=O) groups is 3. The standard InChI is InChI=1S/C10H14N2O3S/c1-6(13)12-4-7(5-12)9(14)11-8-2-3-16-10(8)15/h7-8H,2-5H2,1H3,(H,11,14)/t8-/m1/s1. The number of likely N-dealkylation sites (tertiary alicyclic amines) is 1. The smallest absolute Gasteiger partial charge is 0.227 e. The van der Waals surface area contributed by atoms with E-state index in [9.17, 15) is 14.4 Å². The normalized spacial score (nSPS) is 25.4. The zero-order valence-electron chi connectivity index (χ0n) is 9.06. The predicted molar refractivity (Wildman–Crippen MR) is 59.8 cm³/mol. The van der Waals surface area contributed by atoms with Crippen LogP contribution in [0.2, 0.25) is 0 Å². The van der Waals surface area contributed by atoms with Gasteiger partial charge in [0.25, 0.3) is 0 Å². The van der Waals surface area contributed by atoms with Crippen molar-refractivity contribution in [3.8, 4) is 0 Å². The van der Waals surface area contributed by atoms with E-state index >= 15 is 0 Å². The molecule has 0 saturated carbocycles. The SMILES string of the molecule is CC(=O)N1CC(C(=O)N[C@@H]2CCSC2=O)C1. The fourth-order valence-electron chi connectivity index (χ4n) is 1.82. The van der Waals surface area contributed by atoms with Gasteiger partial charge in [0.2, 0.25) is 16.9 Å². The van der Waals surface area contributed by atoms with Crippen LogP contribution in [0, 0.1) is 5.92 Å². The molecule has 2 aliphatic heterocycles. The fraction of sp³-hybridized carbons (Fsp3) is 0.700. The van der Waals surface area contributed by atoms with Gasteiger partial charge >= 0.3 is 0 Å². The van der Waals surface area contributed by atoms with Crippen molar-refractivity contribution in [1.82, 2.24) is 10.2 Å². The van der Waals surface area contributed by atoms with Crippen LogP contribution in [0.4, 0.5) is 0 Å². The molecule has 1 N–H and O–H groups in total. The van der Waals surface area contributed by atoms with Gasteiger partial charge in [0.05, 0.1) is 12.0 Å². The summed E-state index contributed by atoms with van der Waals surface area (Å²) in [5, 5.41) is 2.79. The maximum absolute atomic E-state index is 11.7. The molecule has 5 nitrogen and oxygen atoms in total. The monoisotopic (exact) mass is 242 g/mol. The first-order valence-corrected chi connectivity index (χ1v) is 6.29. The zero-order chi connectivity index (χ0) is 11.7. The van der Waals surface area contributed by atoms with E-state index in [1.54, 1.807) is 4.90 Å². The molecule has 0 aromatic rings. The molecule has 0 bridgehead atoms. The third-order valence-corrected chi connectivity index (χ3v) is 3.96. The van der Waals surface area contributed by atoms with Gasteiger partial charge in [0.15, 0.2) is 0 Å². The van der Waals surface area contributed by atoms with Crippen molar-refractivity contribution in [2.45, 2.75) is 19.4 Å². The Kier molecular flexibility index (Phi) is 3.18. The highest BCUT2D eigenvalue weighted by molar-refractivity contribution is 8.14. The first kappa shape index (κ1) is 11.4. The van der Waals surface area contributed by atoms with Crippen LogP contribution < -0.4 is 5.32 Å². The number of rotatable bonds is 2.